The van der Waals surface area contributed by atoms with Crippen molar-refractivity contribution < 1.29 is 14.6 Å². The highest BCUT2D eigenvalue weighted by Crippen LogP contribution is 2.44. The molecule has 0 saturated heterocycles. The molecule has 0 heterocycles. The standard InChI is InChI=1S/C11H20O3/c1-10(2,3)14-8-7-11(9(12)13)5-4-6-11/h4-8H2,1-3H3,(H,12,13). The van der Waals surface area contributed by atoms with Gasteiger partial charge in [-0.15, -0.1) is 0 Å². The summed E-state index contributed by atoms with van der Waals surface area (Å²) in [6.45, 7) is 6.51. The van der Waals surface area contributed by atoms with E-state index < -0.39 is 11.4 Å². The molecule has 3 nitrogen and oxygen atoms in total. The van der Waals surface area contributed by atoms with Crippen LogP contribution in [-0.2, 0) is 9.53 Å². The molecule has 0 aliphatic heterocycles. The summed E-state index contributed by atoms with van der Waals surface area (Å²) in [6.07, 6.45) is 3.33. The molecule has 1 aliphatic rings. The van der Waals surface area contributed by atoms with E-state index in [-0.39, 0.29) is 5.60 Å². The van der Waals surface area contributed by atoms with Gasteiger partial charge in [0.25, 0.3) is 0 Å². The lowest BCUT2D eigenvalue weighted by atomic mass is 9.67. The summed E-state index contributed by atoms with van der Waals surface area (Å²) in [6, 6.07) is 0. The van der Waals surface area contributed by atoms with E-state index in [2.05, 4.69) is 0 Å². The minimum absolute atomic E-state index is 0.163. The van der Waals surface area contributed by atoms with E-state index in [1.807, 2.05) is 20.8 Å². The van der Waals surface area contributed by atoms with Crippen molar-refractivity contribution in [1.29, 1.82) is 0 Å². The fourth-order valence-electron chi connectivity index (χ4n) is 1.73. The molecule has 1 aliphatic carbocycles. The predicted octanol–water partition coefficient (Wildman–Crippen LogP) is 2.45. The third-order valence-corrected chi connectivity index (χ3v) is 2.88. The molecule has 82 valence electrons. The number of hydrogen-bond acceptors (Lipinski definition) is 2. The average molecular weight is 200 g/mol. The predicted molar refractivity (Wildman–Crippen MR) is 54.2 cm³/mol. The van der Waals surface area contributed by atoms with Gasteiger partial charge in [-0.2, -0.15) is 0 Å². The Kier molecular flexibility index (Phi) is 3.20. The van der Waals surface area contributed by atoms with Crippen molar-refractivity contribution in [3.63, 3.8) is 0 Å². The van der Waals surface area contributed by atoms with Crippen LogP contribution in [0.15, 0.2) is 0 Å². The molecular formula is C11H20O3. The van der Waals surface area contributed by atoms with Gasteiger partial charge in [0.1, 0.15) is 0 Å². The van der Waals surface area contributed by atoms with E-state index >= 15 is 0 Å². The van der Waals surface area contributed by atoms with Crippen LogP contribution < -0.4 is 0 Å². The van der Waals surface area contributed by atoms with Gasteiger partial charge >= 0.3 is 5.97 Å². The van der Waals surface area contributed by atoms with Crippen LogP contribution in [0, 0.1) is 5.41 Å². The summed E-state index contributed by atoms with van der Waals surface area (Å²) in [5.41, 5.74) is -0.630. The molecule has 0 atom stereocenters. The van der Waals surface area contributed by atoms with Crippen LogP contribution in [0.5, 0.6) is 0 Å². The molecule has 0 amide bonds. The number of carbonyl (C=O) groups is 1. The molecule has 0 bridgehead atoms. The van der Waals surface area contributed by atoms with E-state index in [9.17, 15) is 4.79 Å². The number of carboxylic acid groups (broad SMARTS) is 1. The summed E-state index contributed by atoms with van der Waals surface area (Å²) in [7, 11) is 0. The molecule has 0 aromatic heterocycles. The maximum absolute atomic E-state index is 11.0. The minimum atomic E-state index is -0.652. The molecule has 1 N–H and O–H groups in total. The first-order valence-corrected chi connectivity index (χ1v) is 5.23. The maximum atomic E-state index is 11.0. The first-order valence-electron chi connectivity index (χ1n) is 5.23. The molecule has 14 heavy (non-hydrogen) atoms. The van der Waals surface area contributed by atoms with Crippen LogP contribution in [0.25, 0.3) is 0 Å². The zero-order valence-corrected chi connectivity index (χ0v) is 9.30. The van der Waals surface area contributed by atoms with Crippen LogP contribution in [0.2, 0.25) is 0 Å². The maximum Gasteiger partial charge on any atom is 0.309 e. The first kappa shape index (κ1) is 11.5. The molecule has 0 aromatic rings. The highest BCUT2D eigenvalue weighted by Gasteiger charge is 2.43. The molecule has 0 aromatic carbocycles. The lowest BCUT2D eigenvalue weighted by Gasteiger charge is -2.38. The second-order valence-corrected chi connectivity index (χ2v) is 5.15. The Morgan fingerprint density at radius 3 is 2.29 bits per heavy atom. The molecule has 1 fully saturated rings. The van der Waals surface area contributed by atoms with Gasteiger partial charge in [-0.25, -0.2) is 0 Å². The van der Waals surface area contributed by atoms with Crippen molar-refractivity contribution in [2.45, 2.75) is 52.1 Å². The summed E-state index contributed by atoms with van der Waals surface area (Å²) in [5.74, 6) is -0.652. The average Bonchev–Trinajstić information content (AvgIpc) is 1.91. The Morgan fingerprint density at radius 1 is 1.43 bits per heavy atom. The topological polar surface area (TPSA) is 46.5 Å². The highest BCUT2D eigenvalue weighted by atomic mass is 16.5. The number of hydrogen-bond donors (Lipinski definition) is 1. The molecule has 1 saturated carbocycles. The Bertz CT molecular complexity index is 211. The number of aliphatic carboxylic acids is 1. The third kappa shape index (κ3) is 2.71. The van der Waals surface area contributed by atoms with E-state index in [1.54, 1.807) is 0 Å². The van der Waals surface area contributed by atoms with Crippen LogP contribution in [0.4, 0.5) is 0 Å². The van der Waals surface area contributed by atoms with Crippen molar-refractivity contribution >= 4 is 5.97 Å². The number of ether oxygens (including phenoxy) is 1. The lowest BCUT2D eigenvalue weighted by Crippen LogP contribution is -2.39. The normalized spacial score (nSPS) is 20.2. The largest absolute Gasteiger partial charge is 0.481 e. The van der Waals surface area contributed by atoms with Crippen molar-refractivity contribution in [2.24, 2.45) is 5.41 Å². The molecule has 0 unspecified atom stereocenters. The van der Waals surface area contributed by atoms with Gasteiger partial charge in [0.2, 0.25) is 0 Å². The first-order chi connectivity index (χ1) is 6.36. The highest BCUT2D eigenvalue weighted by molar-refractivity contribution is 5.75. The Hall–Kier alpha value is -0.570. The zero-order chi connectivity index (χ0) is 10.8. The van der Waals surface area contributed by atoms with Crippen molar-refractivity contribution in [2.75, 3.05) is 6.61 Å². The summed E-state index contributed by atoms with van der Waals surface area (Å²) in [5, 5.41) is 9.06. The SMILES string of the molecule is CC(C)(C)OCCC1(C(=O)O)CCC1. The van der Waals surface area contributed by atoms with Crippen LogP contribution >= 0.6 is 0 Å². The summed E-state index contributed by atoms with van der Waals surface area (Å²) >= 11 is 0. The number of rotatable bonds is 4. The van der Waals surface area contributed by atoms with Gasteiger partial charge < -0.3 is 9.84 Å². The second-order valence-electron chi connectivity index (χ2n) is 5.15. The molecule has 1 rings (SSSR count). The third-order valence-electron chi connectivity index (χ3n) is 2.88. The van der Waals surface area contributed by atoms with Crippen LogP contribution in [0.3, 0.4) is 0 Å². The van der Waals surface area contributed by atoms with Crippen molar-refractivity contribution in [3.05, 3.63) is 0 Å². The van der Waals surface area contributed by atoms with Gasteiger partial charge in [0.15, 0.2) is 0 Å². The monoisotopic (exact) mass is 200 g/mol. The fourth-order valence-corrected chi connectivity index (χ4v) is 1.73. The van der Waals surface area contributed by atoms with Crippen LogP contribution in [-0.4, -0.2) is 23.3 Å². The minimum Gasteiger partial charge on any atom is -0.481 e. The molecule has 0 radical (unpaired) electrons. The summed E-state index contributed by atoms with van der Waals surface area (Å²) in [4.78, 5) is 11.0. The van der Waals surface area contributed by atoms with Gasteiger partial charge in [0.05, 0.1) is 11.0 Å². The van der Waals surface area contributed by atoms with Gasteiger partial charge in [-0.1, -0.05) is 6.42 Å². The zero-order valence-electron chi connectivity index (χ0n) is 9.30. The number of carboxylic acids is 1. The Balaban J connectivity index is 2.33. The molecule has 0 spiro atoms. The van der Waals surface area contributed by atoms with E-state index in [4.69, 9.17) is 9.84 Å². The van der Waals surface area contributed by atoms with Gasteiger partial charge in [-0.3, -0.25) is 4.79 Å². The van der Waals surface area contributed by atoms with E-state index in [0.29, 0.717) is 13.0 Å². The van der Waals surface area contributed by atoms with E-state index in [1.165, 1.54) is 0 Å². The van der Waals surface area contributed by atoms with Crippen LogP contribution in [0.1, 0.15) is 46.5 Å². The Labute approximate surface area is 85.5 Å². The second kappa shape index (κ2) is 3.89. The lowest BCUT2D eigenvalue weighted by molar-refractivity contribution is -0.157. The smallest absolute Gasteiger partial charge is 0.309 e. The quantitative estimate of drug-likeness (QED) is 0.758. The van der Waals surface area contributed by atoms with E-state index in [0.717, 1.165) is 19.3 Å². The molecular weight excluding hydrogens is 180 g/mol. The fraction of sp³-hybridized carbons (Fsp3) is 0.909. The van der Waals surface area contributed by atoms with Crippen molar-refractivity contribution in [1.82, 2.24) is 0 Å². The van der Waals surface area contributed by atoms with Gasteiger partial charge in [0, 0.05) is 6.61 Å². The van der Waals surface area contributed by atoms with Crippen molar-refractivity contribution in [3.8, 4) is 0 Å². The molecule has 3 heteroatoms. The van der Waals surface area contributed by atoms with Gasteiger partial charge in [-0.05, 0) is 40.0 Å². The Morgan fingerprint density at radius 2 is 2.00 bits per heavy atom. The summed E-state index contributed by atoms with van der Waals surface area (Å²) < 4.78 is 5.55.